The molecule has 1 N–H and O–H groups in total. The van der Waals surface area contributed by atoms with E-state index < -0.39 is 10.8 Å². The third-order valence-electron chi connectivity index (χ3n) is 1.61. The molecule has 0 radical (unpaired) electrons. The number of pyridine rings is 1. The fraction of sp³-hybridized carbons (Fsp3) is 0.125. The number of hydrogen-bond acceptors (Lipinski definition) is 5. The number of rotatable bonds is 3. The molecule has 1 heterocycles. The van der Waals surface area contributed by atoms with Crippen LogP contribution in [0.4, 0.5) is 5.69 Å². The van der Waals surface area contributed by atoms with Crippen LogP contribution in [-0.4, -0.2) is 22.4 Å². The van der Waals surface area contributed by atoms with Gasteiger partial charge in [-0.15, -0.1) is 0 Å². The van der Waals surface area contributed by atoms with Crippen LogP contribution in [0, 0.1) is 21.4 Å². The Kier molecular flexibility index (Phi) is 3.74. The van der Waals surface area contributed by atoms with Gasteiger partial charge in [-0.1, -0.05) is 11.6 Å². The normalized spacial score (nSPS) is 9.25. The topological polar surface area (TPSA) is 109 Å². The highest BCUT2D eigenvalue weighted by Gasteiger charge is 2.16. The number of aromatic nitrogens is 1. The predicted molar refractivity (Wildman–Crippen MR) is 53.8 cm³/mol. The largest absolute Gasteiger partial charge is 0.339 e. The summed E-state index contributed by atoms with van der Waals surface area (Å²) in [6.45, 7) is -0.210. The maximum atomic E-state index is 11.4. The standard InChI is InChI=1S/C8H5ClN4O3/c9-7-6(8(14)11-2-1-10)3-5(4-12-7)13(15)16/h3-4H,2H2,(H,11,14). The Bertz CT molecular complexity index is 483. The lowest BCUT2D eigenvalue weighted by Gasteiger charge is -2.02. The van der Waals surface area contributed by atoms with Gasteiger partial charge in [-0.2, -0.15) is 5.26 Å². The Hall–Kier alpha value is -2.20. The lowest BCUT2D eigenvalue weighted by atomic mass is 10.2. The number of carbonyl (C=O) groups excluding carboxylic acids is 1. The van der Waals surface area contributed by atoms with Gasteiger partial charge < -0.3 is 5.32 Å². The average Bonchev–Trinajstić information content (AvgIpc) is 2.26. The molecule has 0 atom stereocenters. The second-order valence-electron chi connectivity index (χ2n) is 2.63. The van der Waals surface area contributed by atoms with Crippen molar-refractivity contribution in [3.05, 3.63) is 33.1 Å². The first-order valence-corrected chi connectivity index (χ1v) is 4.39. The first-order chi connectivity index (χ1) is 7.56. The Morgan fingerprint density at radius 3 is 3.00 bits per heavy atom. The van der Waals surface area contributed by atoms with E-state index in [1.807, 2.05) is 0 Å². The van der Waals surface area contributed by atoms with Gasteiger partial charge in [-0.25, -0.2) is 4.98 Å². The molecule has 0 aliphatic heterocycles. The van der Waals surface area contributed by atoms with Gasteiger partial charge in [0.15, 0.2) is 0 Å². The van der Waals surface area contributed by atoms with Crippen molar-refractivity contribution < 1.29 is 9.72 Å². The third kappa shape index (κ3) is 2.65. The smallest absolute Gasteiger partial charge is 0.288 e. The maximum absolute atomic E-state index is 11.4. The minimum absolute atomic E-state index is 0.133. The molecule has 16 heavy (non-hydrogen) atoms. The van der Waals surface area contributed by atoms with Gasteiger partial charge in [0.1, 0.15) is 17.9 Å². The number of nitriles is 1. The zero-order valence-electron chi connectivity index (χ0n) is 7.81. The van der Waals surface area contributed by atoms with E-state index in [0.717, 1.165) is 12.3 Å². The Labute approximate surface area is 94.8 Å². The van der Waals surface area contributed by atoms with Gasteiger partial charge in [0.05, 0.1) is 16.6 Å². The van der Waals surface area contributed by atoms with Crippen molar-refractivity contribution in [2.45, 2.75) is 0 Å². The molecule has 1 aromatic rings. The summed E-state index contributed by atoms with van der Waals surface area (Å²) in [5.74, 6) is -0.678. The number of amides is 1. The molecule has 0 spiro atoms. The van der Waals surface area contributed by atoms with Crippen LogP contribution in [0.5, 0.6) is 0 Å². The van der Waals surface area contributed by atoms with Crippen LogP contribution in [0.1, 0.15) is 10.4 Å². The molecule has 8 heteroatoms. The number of hydrogen-bond donors (Lipinski definition) is 1. The lowest BCUT2D eigenvalue weighted by molar-refractivity contribution is -0.385. The zero-order valence-corrected chi connectivity index (χ0v) is 8.56. The van der Waals surface area contributed by atoms with Crippen molar-refractivity contribution in [3.63, 3.8) is 0 Å². The number of nitrogens with one attached hydrogen (secondary N) is 1. The molecule has 0 fully saturated rings. The highest BCUT2D eigenvalue weighted by Crippen LogP contribution is 2.18. The third-order valence-corrected chi connectivity index (χ3v) is 1.91. The summed E-state index contributed by atoms with van der Waals surface area (Å²) in [7, 11) is 0. The second kappa shape index (κ2) is 5.04. The average molecular weight is 241 g/mol. The van der Waals surface area contributed by atoms with Crippen LogP contribution in [0.3, 0.4) is 0 Å². The fourth-order valence-corrected chi connectivity index (χ4v) is 1.10. The molecule has 7 nitrogen and oxygen atoms in total. The van der Waals surface area contributed by atoms with Crippen LogP contribution < -0.4 is 5.32 Å². The van der Waals surface area contributed by atoms with Crippen molar-refractivity contribution in [1.29, 1.82) is 5.26 Å². The zero-order chi connectivity index (χ0) is 12.1. The van der Waals surface area contributed by atoms with E-state index in [9.17, 15) is 14.9 Å². The van der Waals surface area contributed by atoms with Gasteiger partial charge in [-0.05, 0) is 0 Å². The first kappa shape index (κ1) is 11.9. The van der Waals surface area contributed by atoms with E-state index in [4.69, 9.17) is 16.9 Å². The molecule has 0 unspecified atom stereocenters. The molecule has 0 aliphatic rings. The van der Waals surface area contributed by atoms with Crippen LogP contribution in [0.15, 0.2) is 12.3 Å². The summed E-state index contributed by atoms with van der Waals surface area (Å²) in [5, 5.41) is 20.7. The second-order valence-corrected chi connectivity index (χ2v) is 2.99. The molecule has 0 bridgehead atoms. The minimum Gasteiger partial charge on any atom is -0.339 e. The van der Waals surface area contributed by atoms with Gasteiger partial charge >= 0.3 is 0 Å². The molecular formula is C8H5ClN4O3. The number of nitro groups is 1. The molecular weight excluding hydrogens is 236 g/mol. The van der Waals surface area contributed by atoms with Crippen molar-refractivity contribution >= 4 is 23.2 Å². The summed E-state index contributed by atoms with van der Waals surface area (Å²) >= 11 is 5.60. The number of halogens is 1. The van der Waals surface area contributed by atoms with E-state index in [-0.39, 0.29) is 22.9 Å². The van der Waals surface area contributed by atoms with E-state index in [0.29, 0.717) is 0 Å². The Balaban J connectivity index is 3.03. The molecule has 0 saturated heterocycles. The molecule has 1 amide bonds. The van der Waals surface area contributed by atoms with Crippen LogP contribution >= 0.6 is 11.6 Å². The maximum Gasteiger partial charge on any atom is 0.288 e. The van der Waals surface area contributed by atoms with Gasteiger partial charge in [0.25, 0.3) is 11.6 Å². The molecule has 0 aliphatic carbocycles. The van der Waals surface area contributed by atoms with E-state index >= 15 is 0 Å². The summed E-state index contributed by atoms with van der Waals surface area (Å²) in [5.41, 5.74) is -0.474. The fourth-order valence-electron chi connectivity index (χ4n) is 0.911. The Morgan fingerprint density at radius 2 is 2.44 bits per heavy atom. The Morgan fingerprint density at radius 1 is 1.75 bits per heavy atom. The predicted octanol–water partition coefficient (Wildman–Crippen LogP) is 0.897. The van der Waals surface area contributed by atoms with Crippen LogP contribution in [-0.2, 0) is 0 Å². The quantitative estimate of drug-likeness (QED) is 0.365. The van der Waals surface area contributed by atoms with Crippen molar-refractivity contribution in [2.75, 3.05) is 6.54 Å². The van der Waals surface area contributed by atoms with E-state index in [2.05, 4.69) is 10.3 Å². The highest BCUT2D eigenvalue weighted by molar-refractivity contribution is 6.32. The summed E-state index contributed by atoms with van der Waals surface area (Å²) in [6, 6.07) is 2.70. The number of nitrogens with zero attached hydrogens (tertiary/aromatic N) is 3. The molecule has 82 valence electrons. The summed E-state index contributed by atoms with van der Waals surface area (Å²) in [6.07, 6.45) is 0.948. The van der Waals surface area contributed by atoms with E-state index in [1.54, 1.807) is 6.07 Å². The first-order valence-electron chi connectivity index (χ1n) is 4.01. The minimum atomic E-state index is -0.690. The SMILES string of the molecule is N#CCNC(=O)c1cc([N+](=O)[O-])cnc1Cl. The van der Waals surface area contributed by atoms with Gasteiger partial charge in [-0.3, -0.25) is 14.9 Å². The molecule has 1 rings (SSSR count). The van der Waals surface area contributed by atoms with E-state index in [1.165, 1.54) is 0 Å². The monoisotopic (exact) mass is 240 g/mol. The lowest BCUT2D eigenvalue weighted by Crippen LogP contribution is -2.24. The van der Waals surface area contributed by atoms with Gasteiger partial charge in [0.2, 0.25) is 0 Å². The van der Waals surface area contributed by atoms with Crippen molar-refractivity contribution in [1.82, 2.24) is 10.3 Å². The highest BCUT2D eigenvalue weighted by atomic mass is 35.5. The van der Waals surface area contributed by atoms with Crippen LogP contribution in [0.2, 0.25) is 5.15 Å². The summed E-state index contributed by atoms with van der Waals surface area (Å²) in [4.78, 5) is 24.6. The summed E-state index contributed by atoms with van der Waals surface area (Å²) < 4.78 is 0. The molecule has 0 aromatic carbocycles. The molecule has 1 aromatic heterocycles. The number of carbonyl (C=O) groups is 1. The van der Waals surface area contributed by atoms with Crippen molar-refractivity contribution in [3.8, 4) is 6.07 Å². The van der Waals surface area contributed by atoms with Crippen molar-refractivity contribution in [2.24, 2.45) is 0 Å². The van der Waals surface area contributed by atoms with Gasteiger partial charge in [0, 0.05) is 6.07 Å². The molecule has 0 saturated carbocycles. The van der Waals surface area contributed by atoms with Crippen LogP contribution in [0.25, 0.3) is 0 Å².